The maximum absolute atomic E-state index is 10.2. The van der Waals surface area contributed by atoms with Crippen LogP contribution in [0.3, 0.4) is 0 Å². The Morgan fingerprint density at radius 3 is 2.12 bits per heavy atom. The van der Waals surface area contributed by atoms with Crippen molar-refractivity contribution < 1.29 is 24.1 Å². The molecule has 0 saturated carbocycles. The van der Waals surface area contributed by atoms with E-state index in [2.05, 4.69) is 13.8 Å². The van der Waals surface area contributed by atoms with E-state index in [1.165, 1.54) is 0 Å². The number of carboxylic acids is 1. The molecule has 0 radical (unpaired) electrons. The second-order valence-electron chi connectivity index (χ2n) is 3.96. The van der Waals surface area contributed by atoms with Crippen molar-refractivity contribution in [3.05, 3.63) is 0 Å². The number of carboxylic acid groups (broad SMARTS) is 1. The summed E-state index contributed by atoms with van der Waals surface area (Å²) in [4.78, 5) is 10.2. The summed E-state index contributed by atoms with van der Waals surface area (Å²) in [6.45, 7) is 7.36. The van der Waals surface area contributed by atoms with Crippen molar-refractivity contribution in [3.8, 4) is 0 Å². The van der Waals surface area contributed by atoms with Gasteiger partial charge in [0.2, 0.25) is 0 Å². The summed E-state index contributed by atoms with van der Waals surface area (Å²) in [6.07, 6.45) is 1.16. The maximum atomic E-state index is 10.2. The standard InChI is InChI=1S/C12H24O5/c1-3-11(2)10-17-9-8-16-7-6-15-5-4-12(13)14/h11H,3-10H2,1-2H3,(H,13,14). The van der Waals surface area contributed by atoms with Gasteiger partial charge in [-0.1, -0.05) is 20.3 Å². The molecule has 0 heterocycles. The Kier molecular flexibility index (Phi) is 11.4. The normalized spacial score (nSPS) is 12.6. The predicted octanol–water partition coefficient (Wildman–Crippen LogP) is 1.56. The Labute approximate surface area is 103 Å². The lowest BCUT2D eigenvalue weighted by Crippen LogP contribution is -2.13. The molecule has 17 heavy (non-hydrogen) atoms. The van der Waals surface area contributed by atoms with Gasteiger partial charge in [0.05, 0.1) is 39.5 Å². The largest absolute Gasteiger partial charge is 0.481 e. The number of rotatable bonds is 12. The highest BCUT2D eigenvalue weighted by atomic mass is 16.5. The molecule has 1 atom stereocenters. The van der Waals surface area contributed by atoms with Crippen LogP contribution in [-0.2, 0) is 19.0 Å². The molecule has 0 aliphatic carbocycles. The lowest BCUT2D eigenvalue weighted by molar-refractivity contribution is -0.138. The average molecular weight is 248 g/mol. The Morgan fingerprint density at radius 1 is 1.06 bits per heavy atom. The molecule has 0 amide bonds. The van der Waals surface area contributed by atoms with Gasteiger partial charge in [0.1, 0.15) is 0 Å². The third kappa shape index (κ3) is 13.3. The predicted molar refractivity (Wildman–Crippen MR) is 64.2 cm³/mol. The maximum Gasteiger partial charge on any atom is 0.305 e. The number of hydrogen-bond donors (Lipinski definition) is 1. The zero-order valence-corrected chi connectivity index (χ0v) is 10.8. The molecule has 0 saturated heterocycles. The van der Waals surface area contributed by atoms with E-state index in [9.17, 15) is 4.79 Å². The Hall–Kier alpha value is -0.650. The van der Waals surface area contributed by atoms with E-state index in [0.29, 0.717) is 32.3 Å². The number of aliphatic carboxylic acids is 1. The van der Waals surface area contributed by atoms with Crippen LogP contribution in [0.15, 0.2) is 0 Å². The summed E-state index contributed by atoms with van der Waals surface area (Å²) in [6, 6.07) is 0. The van der Waals surface area contributed by atoms with Crippen LogP contribution in [0, 0.1) is 5.92 Å². The van der Waals surface area contributed by atoms with Gasteiger partial charge in [0.25, 0.3) is 0 Å². The quantitative estimate of drug-likeness (QED) is 0.531. The molecule has 0 aromatic heterocycles. The first kappa shape index (κ1) is 16.4. The van der Waals surface area contributed by atoms with Crippen LogP contribution in [0.2, 0.25) is 0 Å². The molecule has 0 aliphatic heterocycles. The molecule has 0 aromatic carbocycles. The van der Waals surface area contributed by atoms with Gasteiger partial charge in [-0.2, -0.15) is 0 Å². The highest BCUT2D eigenvalue weighted by Crippen LogP contribution is 1.99. The molecule has 0 fully saturated rings. The minimum Gasteiger partial charge on any atom is -0.481 e. The summed E-state index contributed by atoms with van der Waals surface area (Å²) >= 11 is 0. The fraction of sp³-hybridized carbons (Fsp3) is 0.917. The van der Waals surface area contributed by atoms with E-state index in [0.717, 1.165) is 13.0 Å². The average Bonchev–Trinajstić information content (AvgIpc) is 2.30. The summed E-state index contributed by atoms with van der Waals surface area (Å²) < 4.78 is 15.7. The van der Waals surface area contributed by atoms with Crippen molar-refractivity contribution in [3.63, 3.8) is 0 Å². The molecule has 0 aromatic rings. The van der Waals surface area contributed by atoms with Crippen molar-refractivity contribution in [1.82, 2.24) is 0 Å². The first-order valence-electron chi connectivity index (χ1n) is 6.11. The fourth-order valence-corrected chi connectivity index (χ4v) is 1.00. The highest BCUT2D eigenvalue weighted by Gasteiger charge is 1.98. The smallest absolute Gasteiger partial charge is 0.305 e. The lowest BCUT2D eigenvalue weighted by Gasteiger charge is -2.09. The van der Waals surface area contributed by atoms with Crippen molar-refractivity contribution >= 4 is 5.97 Å². The van der Waals surface area contributed by atoms with Gasteiger partial charge in [-0.3, -0.25) is 4.79 Å². The molecule has 102 valence electrons. The van der Waals surface area contributed by atoms with Crippen LogP contribution in [0.4, 0.5) is 0 Å². The Morgan fingerprint density at radius 2 is 1.59 bits per heavy atom. The molecule has 0 bridgehead atoms. The van der Waals surface area contributed by atoms with Gasteiger partial charge < -0.3 is 19.3 Å². The first-order valence-corrected chi connectivity index (χ1v) is 6.11. The summed E-state index contributed by atoms with van der Waals surface area (Å²) in [5.41, 5.74) is 0. The van der Waals surface area contributed by atoms with Crippen LogP contribution >= 0.6 is 0 Å². The van der Waals surface area contributed by atoms with Gasteiger partial charge in [-0.15, -0.1) is 0 Å². The second kappa shape index (κ2) is 11.8. The highest BCUT2D eigenvalue weighted by molar-refractivity contribution is 5.66. The minimum atomic E-state index is -0.843. The Bertz CT molecular complexity index is 184. The number of carbonyl (C=O) groups is 1. The first-order chi connectivity index (χ1) is 8.16. The van der Waals surface area contributed by atoms with E-state index in [4.69, 9.17) is 19.3 Å². The number of hydrogen-bond acceptors (Lipinski definition) is 4. The van der Waals surface area contributed by atoms with Crippen LogP contribution in [0.25, 0.3) is 0 Å². The van der Waals surface area contributed by atoms with Crippen LogP contribution in [0.1, 0.15) is 26.7 Å². The summed E-state index contributed by atoms with van der Waals surface area (Å²) in [5.74, 6) is -0.251. The molecular formula is C12H24O5. The van der Waals surface area contributed by atoms with E-state index >= 15 is 0 Å². The minimum absolute atomic E-state index is 0.0397. The van der Waals surface area contributed by atoms with Gasteiger partial charge in [-0.25, -0.2) is 0 Å². The van der Waals surface area contributed by atoms with Crippen LogP contribution in [0.5, 0.6) is 0 Å². The van der Waals surface area contributed by atoms with E-state index < -0.39 is 5.97 Å². The van der Waals surface area contributed by atoms with E-state index in [1.807, 2.05) is 0 Å². The zero-order valence-electron chi connectivity index (χ0n) is 10.8. The molecule has 5 heteroatoms. The van der Waals surface area contributed by atoms with Crippen molar-refractivity contribution in [2.24, 2.45) is 5.92 Å². The van der Waals surface area contributed by atoms with Crippen molar-refractivity contribution in [2.75, 3.05) is 39.6 Å². The lowest BCUT2D eigenvalue weighted by atomic mass is 10.1. The van der Waals surface area contributed by atoms with Crippen molar-refractivity contribution in [2.45, 2.75) is 26.7 Å². The van der Waals surface area contributed by atoms with E-state index in [1.54, 1.807) is 0 Å². The summed E-state index contributed by atoms with van der Waals surface area (Å²) in [7, 11) is 0. The third-order valence-electron chi connectivity index (χ3n) is 2.30. The van der Waals surface area contributed by atoms with Gasteiger partial charge in [-0.05, 0) is 5.92 Å². The molecule has 5 nitrogen and oxygen atoms in total. The summed E-state index contributed by atoms with van der Waals surface area (Å²) in [5, 5.41) is 8.35. The monoisotopic (exact) mass is 248 g/mol. The number of ether oxygens (including phenoxy) is 3. The second-order valence-corrected chi connectivity index (χ2v) is 3.96. The third-order valence-corrected chi connectivity index (χ3v) is 2.30. The van der Waals surface area contributed by atoms with Crippen molar-refractivity contribution in [1.29, 1.82) is 0 Å². The van der Waals surface area contributed by atoms with Gasteiger partial charge in [0, 0.05) is 6.61 Å². The zero-order chi connectivity index (χ0) is 12.9. The fourth-order valence-electron chi connectivity index (χ4n) is 1.00. The SMILES string of the molecule is CCC(C)COCCOCCOCCC(=O)O. The van der Waals surface area contributed by atoms with Gasteiger partial charge >= 0.3 is 5.97 Å². The molecule has 1 unspecified atom stereocenters. The molecule has 1 N–H and O–H groups in total. The Balaban J connectivity index is 3.01. The molecule has 0 spiro atoms. The molecule has 0 aliphatic rings. The van der Waals surface area contributed by atoms with Crippen LogP contribution < -0.4 is 0 Å². The topological polar surface area (TPSA) is 65.0 Å². The molecular weight excluding hydrogens is 224 g/mol. The van der Waals surface area contributed by atoms with E-state index in [-0.39, 0.29) is 13.0 Å². The molecule has 0 rings (SSSR count). The van der Waals surface area contributed by atoms with Crippen LogP contribution in [-0.4, -0.2) is 50.7 Å². The van der Waals surface area contributed by atoms with Gasteiger partial charge in [0.15, 0.2) is 0 Å².